The second-order valence-corrected chi connectivity index (χ2v) is 4.10. The topological polar surface area (TPSA) is 21.3 Å². The maximum absolute atomic E-state index is 5.73. The predicted octanol–water partition coefficient (Wildman–Crippen LogP) is 1.80. The van der Waals surface area contributed by atoms with Gasteiger partial charge in [-0.1, -0.05) is 20.8 Å². The van der Waals surface area contributed by atoms with E-state index in [9.17, 15) is 0 Å². The number of rotatable bonds is 4. The minimum absolute atomic E-state index is 0.470. The smallest absolute Gasteiger partial charge is 0.0714 e. The van der Waals surface area contributed by atoms with Crippen LogP contribution in [0.1, 0.15) is 33.6 Å². The predicted molar refractivity (Wildman–Crippen MR) is 51.3 cm³/mol. The van der Waals surface area contributed by atoms with Gasteiger partial charge in [0.25, 0.3) is 0 Å². The van der Waals surface area contributed by atoms with E-state index in [0.717, 1.165) is 13.2 Å². The van der Waals surface area contributed by atoms with E-state index < -0.39 is 0 Å². The van der Waals surface area contributed by atoms with Crippen molar-refractivity contribution in [3.8, 4) is 0 Å². The Morgan fingerprint density at radius 3 is 2.75 bits per heavy atom. The fourth-order valence-corrected chi connectivity index (χ4v) is 1.55. The summed E-state index contributed by atoms with van der Waals surface area (Å²) in [6.07, 6.45) is 2.89. The van der Waals surface area contributed by atoms with Crippen LogP contribution in [0.25, 0.3) is 0 Å². The van der Waals surface area contributed by atoms with Crippen LogP contribution in [0.2, 0.25) is 0 Å². The minimum atomic E-state index is 0.470. The van der Waals surface area contributed by atoms with E-state index >= 15 is 0 Å². The molecule has 2 atom stereocenters. The molecule has 2 nitrogen and oxygen atoms in total. The van der Waals surface area contributed by atoms with Crippen LogP contribution < -0.4 is 5.32 Å². The third-order valence-electron chi connectivity index (χ3n) is 2.34. The maximum atomic E-state index is 5.73. The summed E-state index contributed by atoms with van der Waals surface area (Å²) < 4.78 is 5.73. The van der Waals surface area contributed by atoms with Gasteiger partial charge in [-0.25, -0.2) is 0 Å². The van der Waals surface area contributed by atoms with Crippen LogP contribution in [-0.2, 0) is 4.74 Å². The first-order valence-corrected chi connectivity index (χ1v) is 5.07. The molecular formula is C10H21NO. The number of ether oxygens (including phenoxy) is 1. The lowest BCUT2D eigenvalue weighted by molar-refractivity contribution is 0.0471. The highest BCUT2D eigenvalue weighted by molar-refractivity contribution is 4.81. The van der Waals surface area contributed by atoms with Crippen LogP contribution in [0.4, 0.5) is 0 Å². The summed E-state index contributed by atoms with van der Waals surface area (Å²) in [5, 5.41) is 3.46. The first kappa shape index (κ1) is 10.0. The molecule has 2 heteroatoms. The average Bonchev–Trinajstić information content (AvgIpc) is 2.48. The maximum Gasteiger partial charge on any atom is 0.0714 e. The van der Waals surface area contributed by atoms with E-state index in [0.29, 0.717) is 18.1 Å². The van der Waals surface area contributed by atoms with Gasteiger partial charge >= 0.3 is 0 Å². The SMILES string of the molecule is CC[C@H]1C[C@H](OCC(C)C)CN1. The molecule has 0 aromatic carbocycles. The molecule has 0 aliphatic carbocycles. The molecule has 1 heterocycles. The Hall–Kier alpha value is -0.0800. The fourth-order valence-electron chi connectivity index (χ4n) is 1.55. The largest absolute Gasteiger partial charge is 0.377 e. The van der Waals surface area contributed by atoms with Gasteiger partial charge in [0, 0.05) is 19.2 Å². The molecule has 0 aromatic heterocycles. The van der Waals surface area contributed by atoms with Crippen molar-refractivity contribution >= 4 is 0 Å². The van der Waals surface area contributed by atoms with Gasteiger partial charge in [-0.2, -0.15) is 0 Å². The van der Waals surface area contributed by atoms with E-state index in [1.807, 2.05) is 0 Å². The Kier molecular flexibility index (Phi) is 4.02. The van der Waals surface area contributed by atoms with Crippen LogP contribution in [0.5, 0.6) is 0 Å². The first-order chi connectivity index (χ1) is 5.72. The molecule has 0 bridgehead atoms. The molecule has 0 aromatic rings. The highest BCUT2D eigenvalue weighted by atomic mass is 16.5. The zero-order valence-electron chi connectivity index (χ0n) is 8.47. The summed E-state index contributed by atoms with van der Waals surface area (Å²) in [6.45, 7) is 8.57. The molecule has 0 spiro atoms. The summed E-state index contributed by atoms with van der Waals surface area (Å²) in [5.41, 5.74) is 0. The summed E-state index contributed by atoms with van der Waals surface area (Å²) >= 11 is 0. The lowest BCUT2D eigenvalue weighted by atomic mass is 10.1. The highest BCUT2D eigenvalue weighted by Crippen LogP contribution is 2.13. The average molecular weight is 171 g/mol. The van der Waals surface area contributed by atoms with Gasteiger partial charge in [-0.15, -0.1) is 0 Å². The molecule has 12 heavy (non-hydrogen) atoms. The van der Waals surface area contributed by atoms with Crippen molar-refractivity contribution < 1.29 is 4.74 Å². The van der Waals surface area contributed by atoms with Crippen LogP contribution in [0.3, 0.4) is 0 Å². The molecule has 0 radical (unpaired) electrons. The summed E-state index contributed by atoms with van der Waals surface area (Å²) in [6, 6.07) is 0.696. The van der Waals surface area contributed by atoms with Gasteiger partial charge in [-0.05, 0) is 18.8 Å². The summed E-state index contributed by atoms with van der Waals surface area (Å²) in [4.78, 5) is 0. The molecule has 1 aliphatic heterocycles. The third-order valence-corrected chi connectivity index (χ3v) is 2.34. The van der Waals surface area contributed by atoms with E-state index in [1.54, 1.807) is 0 Å². The Bertz CT molecular complexity index is 125. The molecule has 1 fully saturated rings. The van der Waals surface area contributed by atoms with E-state index in [-0.39, 0.29) is 0 Å². The van der Waals surface area contributed by atoms with Crippen molar-refractivity contribution in [1.29, 1.82) is 0 Å². The Labute approximate surface area is 75.7 Å². The second-order valence-electron chi connectivity index (χ2n) is 4.10. The van der Waals surface area contributed by atoms with Gasteiger partial charge < -0.3 is 10.1 Å². The lowest BCUT2D eigenvalue weighted by Gasteiger charge is -2.12. The lowest BCUT2D eigenvalue weighted by Crippen LogP contribution is -2.21. The van der Waals surface area contributed by atoms with Crippen molar-refractivity contribution in [3.63, 3.8) is 0 Å². The molecule has 0 amide bonds. The third kappa shape index (κ3) is 3.11. The fraction of sp³-hybridized carbons (Fsp3) is 1.00. The molecule has 0 saturated carbocycles. The molecule has 1 N–H and O–H groups in total. The van der Waals surface area contributed by atoms with E-state index in [1.165, 1.54) is 12.8 Å². The van der Waals surface area contributed by atoms with Crippen LogP contribution >= 0.6 is 0 Å². The van der Waals surface area contributed by atoms with Gasteiger partial charge in [0.15, 0.2) is 0 Å². The second kappa shape index (κ2) is 4.83. The summed E-state index contributed by atoms with van der Waals surface area (Å²) in [7, 11) is 0. The van der Waals surface area contributed by atoms with Crippen LogP contribution in [0, 0.1) is 5.92 Å². The van der Waals surface area contributed by atoms with Crippen molar-refractivity contribution in [2.24, 2.45) is 5.92 Å². The zero-order valence-corrected chi connectivity index (χ0v) is 8.47. The van der Waals surface area contributed by atoms with E-state index in [4.69, 9.17) is 4.74 Å². The minimum Gasteiger partial charge on any atom is -0.377 e. The van der Waals surface area contributed by atoms with Crippen molar-refractivity contribution in [1.82, 2.24) is 5.32 Å². The van der Waals surface area contributed by atoms with Gasteiger partial charge in [-0.3, -0.25) is 0 Å². The standard InChI is InChI=1S/C10H21NO/c1-4-9-5-10(6-11-9)12-7-8(2)3/h8-11H,4-7H2,1-3H3/t9-,10-/m0/s1. The quantitative estimate of drug-likeness (QED) is 0.696. The first-order valence-electron chi connectivity index (χ1n) is 5.07. The van der Waals surface area contributed by atoms with E-state index in [2.05, 4.69) is 26.1 Å². The zero-order chi connectivity index (χ0) is 8.97. The van der Waals surface area contributed by atoms with Crippen LogP contribution in [-0.4, -0.2) is 25.3 Å². The molecule has 1 aliphatic rings. The number of nitrogens with one attached hydrogen (secondary N) is 1. The monoisotopic (exact) mass is 171 g/mol. The molecule has 72 valence electrons. The van der Waals surface area contributed by atoms with Crippen molar-refractivity contribution in [2.45, 2.75) is 45.8 Å². The Morgan fingerprint density at radius 2 is 2.25 bits per heavy atom. The van der Waals surface area contributed by atoms with Gasteiger partial charge in [0.1, 0.15) is 0 Å². The van der Waals surface area contributed by atoms with Gasteiger partial charge in [0.05, 0.1) is 6.10 Å². The normalized spacial score (nSPS) is 30.0. The molecule has 1 rings (SSSR count). The van der Waals surface area contributed by atoms with Crippen molar-refractivity contribution in [2.75, 3.05) is 13.2 Å². The number of hydrogen-bond donors (Lipinski definition) is 1. The molecule has 1 saturated heterocycles. The summed E-state index contributed by atoms with van der Waals surface area (Å²) in [5.74, 6) is 0.658. The number of hydrogen-bond acceptors (Lipinski definition) is 2. The molecular weight excluding hydrogens is 150 g/mol. The van der Waals surface area contributed by atoms with Gasteiger partial charge in [0.2, 0.25) is 0 Å². The highest BCUT2D eigenvalue weighted by Gasteiger charge is 2.22. The Balaban J connectivity index is 2.11. The Morgan fingerprint density at radius 1 is 1.50 bits per heavy atom. The van der Waals surface area contributed by atoms with Crippen molar-refractivity contribution in [3.05, 3.63) is 0 Å². The molecule has 0 unspecified atom stereocenters. The van der Waals surface area contributed by atoms with Crippen LogP contribution in [0.15, 0.2) is 0 Å².